The average molecular weight is 282 g/mol. The second kappa shape index (κ2) is 4.29. The monoisotopic (exact) mass is 282 g/mol. The Labute approximate surface area is 110 Å². The highest BCUT2D eigenvalue weighted by Gasteiger charge is 2.27. The molecule has 0 radical (unpaired) electrons. The van der Waals surface area contributed by atoms with Crippen LogP contribution in [0.1, 0.15) is 17.8 Å². The molecule has 0 atom stereocenters. The second-order valence-corrected chi connectivity index (χ2v) is 7.65. The summed E-state index contributed by atoms with van der Waals surface area (Å²) >= 11 is 1.53. The lowest BCUT2D eigenvalue weighted by molar-refractivity contribution is 0.477. The van der Waals surface area contributed by atoms with Crippen LogP contribution in [0.15, 0.2) is 23.1 Å². The van der Waals surface area contributed by atoms with Crippen molar-refractivity contribution < 1.29 is 8.42 Å². The summed E-state index contributed by atoms with van der Waals surface area (Å²) in [6.45, 7) is 3.21. The van der Waals surface area contributed by atoms with E-state index in [1.165, 1.54) is 11.3 Å². The minimum atomic E-state index is -3.31. The second-order valence-electron chi connectivity index (χ2n) is 4.47. The Balaban J connectivity index is 2.07. The van der Waals surface area contributed by atoms with Crippen LogP contribution < -0.4 is 0 Å². The summed E-state index contributed by atoms with van der Waals surface area (Å²) in [7, 11) is -3.31. The molecule has 1 aliphatic rings. The lowest BCUT2D eigenvalue weighted by atomic mass is 10.3. The van der Waals surface area contributed by atoms with Gasteiger partial charge in [-0.2, -0.15) is 4.31 Å². The molecule has 2 aromatic rings. The van der Waals surface area contributed by atoms with Gasteiger partial charge in [0.05, 0.1) is 20.1 Å². The maximum absolute atomic E-state index is 12.4. The fourth-order valence-electron chi connectivity index (χ4n) is 2.26. The Morgan fingerprint density at radius 1 is 1.28 bits per heavy atom. The van der Waals surface area contributed by atoms with Crippen LogP contribution in [-0.4, -0.2) is 30.8 Å². The number of hydrogen-bond donors (Lipinski definition) is 0. The van der Waals surface area contributed by atoms with Crippen LogP contribution >= 0.6 is 11.3 Å². The average Bonchev–Trinajstić information content (AvgIpc) is 2.95. The number of nitrogens with zero attached hydrogens (tertiary/aromatic N) is 2. The van der Waals surface area contributed by atoms with Gasteiger partial charge in [-0.15, -0.1) is 11.3 Å². The number of aryl methyl sites for hydroxylation is 1. The molecule has 96 valence electrons. The van der Waals surface area contributed by atoms with Crippen LogP contribution in [0, 0.1) is 6.92 Å². The summed E-state index contributed by atoms with van der Waals surface area (Å²) in [5, 5.41) is 0.959. The van der Waals surface area contributed by atoms with Crippen molar-refractivity contribution in [1.82, 2.24) is 9.29 Å². The number of fused-ring (bicyclic) bond motifs is 1. The molecule has 0 aliphatic carbocycles. The molecule has 0 amide bonds. The molecular formula is C12H14N2O2S2. The van der Waals surface area contributed by atoms with E-state index in [2.05, 4.69) is 4.98 Å². The fourth-order valence-corrected chi connectivity index (χ4v) is 4.74. The zero-order chi connectivity index (χ0) is 12.8. The lowest BCUT2D eigenvalue weighted by Gasteiger charge is -2.15. The lowest BCUT2D eigenvalue weighted by Crippen LogP contribution is -2.27. The number of benzene rings is 1. The first-order valence-electron chi connectivity index (χ1n) is 5.95. The number of aromatic nitrogens is 1. The molecule has 1 aromatic carbocycles. The van der Waals surface area contributed by atoms with Gasteiger partial charge in [0.2, 0.25) is 10.0 Å². The topological polar surface area (TPSA) is 50.3 Å². The molecule has 4 nitrogen and oxygen atoms in total. The van der Waals surface area contributed by atoms with Gasteiger partial charge < -0.3 is 0 Å². The summed E-state index contributed by atoms with van der Waals surface area (Å²) in [5.74, 6) is 0. The first-order valence-corrected chi connectivity index (χ1v) is 8.20. The molecule has 1 aliphatic heterocycles. The van der Waals surface area contributed by atoms with E-state index in [1.54, 1.807) is 22.5 Å². The molecule has 0 spiro atoms. The van der Waals surface area contributed by atoms with E-state index in [1.807, 2.05) is 6.92 Å². The summed E-state index contributed by atoms with van der Waals surface area (Å²) in [5.41, 5.74) is 0.873. The van der Waals surface area contributed by atoms with E-state index in [9.17, 15) is 8.42 Å². The zero-order valence-corrected chi connectivity index (χ0v) is 11.7. The van der Waals surface area contributed by atoms with Gasteiger partial charge >= 0.3 is 0 Å². The van der Waals surface area contributed by atoms with E-state index >= 15 is 0 Å². The highest BCUT2D eigenvalue weighted by molar-refractivity contribution is 7.89. The normalized spacial score (nSPS) is 17.6. The molecular weight excluding hydrogens is 268 g/mol. The predicted octanol–water partition coefficient (Wildman–Crippen LogP) is 2.39. The maximum Gasteiger partial charge on any atom is 0.243 e. The van der Waals surface area contributed by atoms with Crippen molar-refractivity contribution >= 4 is 31.6 Å². The van der Waals surface area contributed by atoms with Gasteiger partial charge in [-0.3, -0.25) is 0 Å². The Morgan fingerprint density at radius 3 is 2.72 bits per heavy atom. The standard InChI is InChI=1S/C12H14N2O2S2/c1-9-13-11-5-4-10(8-12(11)17-9)18(15,16)14-6-2-3-7-14/h4-5,8H,2-3,6-7H2,1H3. The third-order valence-electron chi connectivity index (χ3n) is 3.17. The van der Waals surface area contributed by atoms with Crippen LogP contribution in [0.3, 0.4) is 0 Å². The molecule has 1 aromatic heterocycles. The van der Waals surface area contributed by atoms with E-state index in [4.69, 9.17) is 0 Å². The van der Waals surface area contributed by atoms with Gasteiger partial charge in [0, 0.05) is 13.1 Å². The first kappa shape index (κ1) is 12.1. The Hall–Kier alpha value is -0.980. The highest BCUT2D eigenvalue weighted by Crippen LogP contribution is 2.27. The van der Waals surface area contributed by atoms with Crippen molar-refractivity contribution in [2.45, 2.75) is 24.7 Å². The van der Waals surface area contributed by atoms with Gasteiger partial charge in [0.1, 0.15) is 0 Å². The van der Waals surface area contributed by atoms with Crippen LogP contribution in [0.4, 0.5) is 0 Å². The Kier molecular flexibility index (Phi) is 2.88. The molecule has 0 saturated carbocycles. The predicted molar refractivity (Wildman–Crippen MR) is 72.3 cm³/mol. The van der Waals surface area contributed by atoms with Gasteiger partial charge in [-0.25, -0.2) is 13.4 Å². The summed E-state index contributed by atoms with van der Waals surface area (Å²) in [6, 6.07) is 5.20. The van der Waals surface area contributed by atoms with Gasteiger partial charge in [-0.05, 0) is 38.0 Å². The molecule has 3 rings (SSSR count). The first-order chi connectivity index (χ1) is 8.57. The SMILES string of the molecule is Cc1nc2ccc(S(=O)(=O)N3CCCC3)cc2s1. The van der Waals surface area contributed by atoms with Gasteiger partial charge in [-0.1, -0.05) is 0 Å². The quantitative estimate of drug-likeness (QED) is 0.850. The minimum absolute atomic E-state index is 0.389. The van der Waals surface area contributed by atoms with Crippen LogP contribution in [0.25, 0.3) is 10.2 Å². The third-order valence-corrected chi connectivity index (χ3v) is 6.00. The maximum atomic E-state index is 12.4. The molecule has 6 heteroatoms. The fraction of sp³-hybridized carbons (Fsp3) is 0.417. The molecule has 0 bridgehead atoms. The molecule has 18 heavy (non-hydrogen) atoms. The van der Waals surface area contributed by atoms with Crippen molar-refractivity contribution in [3.05, 3.63) is 23.2 Å². The smallest absolute Gasteiger partial charge is 0.242 e. The number of sulfonamides is 1. The van der Waals surface area contributed by atoms with E-state index < -0.39 is 10.0 Å². The summed E-state index contributed by atoms with van der Waals surface area (Å²) < 4.78 is 27.3. The van der Waals surface area contributed by atoms with Crippen LogP contribution in [0.5, 0.6) is 0 Å². The van der Waals surface area contributed by atoms with Crippen molar-refractivity contribution in [2.24, 2.45) is 0 Å². The van der Waals surface area contributed by atoms with Crippen molar-refractivity contribution in [3.63, 3.8) is 0 Å². The molecule has 1 fully saturated rings. The number of hydrogen-bond acceptors (Lipinski definition) is 4. The van der Waals surface area contributed by atoms with Crippen LogP contribution in [0.2, 0.25) is 0 Å². The number of thiazole rings is 1. The Morgan fingerprint density at radius 2 is 2.00 bits per heavy atom. The van der Waals surface area contributed by atoms with E-state index in [-0.39, 0.29) is 0 Å². The van der Waals surface area contributed by atoms with Crippen molar-refractivity contribution in [3.8, 4) is 0 Å². The molecule has 0 unspecified atom stereocenters. The molecule has 2 heterocycles. The Bertz CT molecular complexity index is 685. The molecule has 0 N–H and O–H groups in total. The van der Waals surface area contributed by atoms with E-state index in [0.29, 0.717) is 18.0 Å². The van der Waals surface area contributed by atoms with Gasteiger partial charge in [0.15, 0.2) is 0 Å². The van der Waals surface area contributed by atoms with Crippen molar-refractivity contribution in [1.29, 1.82) is 0 Å². The van der Waals surface area contributed by atoms with Crippen molar-refractivity contribution in [2.75, 3.05) is 13.1 Å². The largest absolute Gasteiger partial charge is 0.243 e. The molecule has 1 saturated heterocycles. The minimum Gasteiger partial charge on any atom is -0.242 e. The summed E-state index contributed by atoms with van der Waals surface area (Å²) in [4.78, 5) is 4.73. The number of rotatable bonds is 2. The summed E-state index contributed by atoms with van der Waals surface area (Å²) in [6.07, 6.45) is 1.92. The van der Waals surface area contributed by atoms with E-state index in [0.717, 1.165) is 28.1 Å². The third kappa shape index (κ3) is 1.94. The van der Waals surface area contributed by atoms with Crippen LogP contribution in [-0.2, 0) is 10.0 Å². The van der Waals surface area contributed by atoms with Gasteiger partial charge in [0.25, 0.3) is 0 Å². The zero-order valence-electron chi connectivity index (χ0n) is 10.1. The highest BCUT2D eigenvalue weighted by atomic mass is 32.2.